The van der Waals surface area contributed by atoms with Crippen molar-refractivity contribution in [3.63, 3.8) is 0 Å². The Kier molecular flexibility index (Phi) is 8.32. The topological polar surface area (TPSA) is 117 Å². The quantitative estimate of drug-likeness (QED) is 0.274. The second-order valence-electron chi connectivity index (χ2n) is 7.61. The van der Waals surface area contributed by atoms with Crippen molar-refractivity contribution in [2.24, 2.45) is 5.92 Å². The van der Waals surface area contributed by atoms with Crippen LogP contribution in [-0.2, 0) is 23.8 Å². The summed E-state index contributed by atoms with van der Waals surface area (Å²) in [5.74, 6) is -1.99. The lowest BCUT2D eigenvalue weighted by Gasteiger charge is -2.30. The molecule has 1 aliphatic rings. The van der Waals surface area contributed by atoms with Gasteiger partial charge in [-0.1, -0.05) is 26.0 Å². The highest BCUT2D eigenvalue weighted by atomic mass is 16.6. The standard InChI is InChI=1S/C22H28N2O7/c1-13(2)12-31-22(26)19-15(4)23-14(3)18(21(25)30-10-9-29-5)20(19)16-7-6-8-17(11-16)24(27)28/h6-8,11,13,20,23H,9-10,12H2,1-5H3/t20-/m0/s1. The first-order valence-corrected chi connectivity index (χ1v) is 9.93. The molecule has 1 aliphatic heterocycles. The normalized spacial score (nSPS) is 16.3. The van der Waals surface area contributed by atoms with Gasteiger partial charge in [0.25, 0.3) is 5.69 Å². The predicted molar refractivity (Wildman–Crippen MR) is 113 cm³/mol. The molecule has 9 nitrogen and oxygen atoms in total. The van der Waals surface area contributed by atoms with Gasteiger partial charge in [-0.2, -0.15) is 0 Å². The number of carbonyl (C=O) groups excluding carboxylic acids is 2. The molecule has 0 aromatic heterocycles. The summed E-state index contributed by atoms with van der Waals surface area (Å²) in [6, 6.07) is 5.87. The van der Waals surface area contributed by atoms with E-state index in [1.165, 1.54) is 25.3 Å². The lowest BCUT2D eigenvalue weighted by atomic mass is 9.80. The Hall–Kier alpha value is -3.20. The van der Waals surface area contributed by atoms with Crippen LogP contribution in [0.15, 0.2) is 46.8 Å². The number of carbonyl (C=O) groups is 2. The van der Waals surface area contributed by atoms with Crippen molar-refractivity contribution in [1.29, 1.82) is 0 Å². The molecule has 1 atom stereocenters. The van der Waals surface area contributed by atoms with Gasteiger partial charge in [-0.25, -0.2) is 9.59 Å². The number of nitro groups is 1. The van der Waals surface area contributed by atoms with Gasteiger partial charge in [0, 0.05) is 30.6 Å². The minimum atomic E-state index is -0.879. The van der Waals surface area contributed by atoms with Gasteiger partial charge in [0.05, 0.1) is 35.2 Å². The number of nitrogens with one attached hydrogen (secondary N) is 1. The van der Waals surface area contributed by atoms with Gasteiger partial charge in [-0.05, 0) is 25.3 Å². The molecule has 0 saturated heterocycles. The van der Waals surface area contributed by atoms with Crippen LogP contribution < -0.4 is 5.32 Å². The third-order valence-corrected chi connectivity index (χ3v) is 4.68. The van der Waals surface area contributed by atoms with E-state index in [2.05, 4.69) is 5.32 Å². The lowest BCUT2D eigenvalue weighted by molar-refractivity contribution is -0.384. The number of rotatable bonds is 9. The first-order chi connectivity index (χ1) is 14.7. The zero-order chi connectivity index (χ0) is 23.1. The van der Waals surface area contributed by atoms with E-state index < -0.39 is 22.8 Å². The van der Waals surface area contributed by atoms with E-state index >= 15 is 0 Å². The summed E-state index contributed by atoms with van der Waals surface area (Å²) in [6.07, 6.45) is 0. The number of hydrogen-bond acceptors (Lipinski definition) is 8. The Balaban J connectivity index is 2.56. The molecule has 0 radical (unpaired) electrons. The van der Waals surface area contributed by atoms with Gasteiger partial charge in [0.2, 0.25) is 0 Å². The number of non-ortho nitro benzene ring substituents is 1. The molecule has 2 rings (SSSR count). The summed E-state index contributed by atoms with van der Waals surface area (Å²) < 4.78 is 15.7. The van der Waals surface area contributed by atoms with Crippen LogP contribution in [0.3, 0.4) is 0 Å². The van der Waals surface area contributed by atoms with E-state index in [4.69, 9.17) is 14.2 Å². The van der Waals surface area contributed by atoms with E-state index in [0.717, 1.165) is 0 Å². The van der Waals surface area contributed by atoms with Crippen LogP contribution in [0.2, 0.25) is 0 Å². The van der Waals surface area contributed by atoms with Crippen LogP contribution in [0.1, 0.15) is 39.2 Å². The molecular formula is C22H28N2O7. The van der Waals surface area contributed by atoms with Crippen molar-refractivity contribution in [3.05, 3.63) is 62.5 Å². The van der Waals surface area contributed by atoms with Gasteiger partial charge >= 0.3 is 11.9 Å². The molecule has 1 N–H and O–H groups in total. The molecule has 0 amide bonds. The number of nitrogens with zero attached hydrogens (tertiary/aromatic N) is 1. The summed E-state index contributed by atoms with van der Waals surface area (Å²) in [5, 5.41) is 14.4. The van der Waals surface area contributed by atoms with Gasteiger partial charge in [0.1, 0.15) is 6.61 Å². The highest BCUT2D eigenvalue weighted by Gasteiger charge is 2.38. The number of methoxy groups -OCH3 is 1. The van der Waals surface area contributed by atoms with Gasteiger partial charge in [0.15, 0.2) is 0 Å². The molecule has 31 heavy (non-hydrogen) atoms. The zero-order valence-electron chi connectivity index (χ0n) is 18.4. The van der Waals surface area contributed by atoms with Crippen molar-refractivity contribution in [3.8, 4) is 0 Å². The molecule has 0 saturated carbocycles. The van der Waals surface area contributed by atoms with Crippen LogP contribution in [-0.4, -0.2) is 43.8 Å². The highest BCUT2D eigenvalue weighted by Crippen LogP contribution is 2.40. The summed E-state index contributed by atoms with van der Waals surface area (Å²) in [4.78, 5) is 36.7. The van der Waals surface area contributed by atoms with Gasteiger partial charge in [-0.15, -0.1) is 0 Å². The summed E-state index contributed by atoms with van der Waals surface area (Å²) in [7, 11) is 1.49. The molecular weight excluding hydrogens is 404 g/mol. The molecule has 0 spiro atoms. The first kappa shape index (κ1) is 24.1. The maximum Gasteiger partial charge on any atom is 0.336 e. The van der Waals surface area contributed by atoms with E-state index in [-0.39, 0.29) is 42.6 Å². The number of hydrogen-bond donors (Lipinski definition) is 1. The first-order valence-electron chi connectivity index (χ1n) is 9.93. The Morgan fingerprint density at radius 3 is 2.26 bits per heavy atom. The largest absolute Gasteiger partial charge is 0.462 e. The molecule has 0 aliphatic carbocycles. The van der Waals surface area contributed by atoms with Crippen LogP contribution >= 0.6 is 0 Å². The Bertz CT molecular complexity index is 918. The predicted octanol–water partition coefficient (Wildman–Crippen LogP) is 3.22. The average Bonchev–Trinajstić information content (AvgIpc) is 2.71. The molecule has 168 valence electrons. The van der Waals surface area contributed by atoms with Crippen LogP contribution in [0.25, 0.3) is 0 Å². The van der Waals surface area contributed by atoms with Crippen LogP contribution in [0.5, 0.6) is 0 Å². The molecule has 9 heteroatoms. The van der Waals surface area contributed by atoms with Crippen molar-refractivity contribution in [1.82, 2.24) is 5.32 Å². The average molecular weight is 432 g/mol. The van der Waals surface area contributed by atoms with Gasteiger partial charge in [-0.3, -0.25) is 10.1 Å². The fourth-order valence-electron chi connectivity index (χ4n) is 3.30. The number of dihydropyridines is 1. The molecule has 0 unspecified atom stereocenters. The van der Waals surface area contributed by atoms with Crippen LogP contribution in [0, 0.1) is 16.0 Å². The lowest BCUT2D eigenvalue weighted by Crippen LogP contribution is -2.33. The number of nitro benzene ring substituents is 1. The minimum absolute atomic E-state index is 0.0313. The SMILES string of the molecule is COCCOC(=O)C1=C(C)NC(C)=C(C(=O)OCC(C)C)[C@H]1c1cccc([N+](=O)[O-])c1. The van der Waals surface area contributed by atoms with Crippen molar-refractivity contribution in [2.75, 3.05) is 26.9 Å². The van der Waals surface area contributed by atoms with Crippen molar-refractivity contribution in [2.45, 2.75) is 33.6 Å². The number of benzene rings is 1. The molecule has 1 aromatic rings. The second-order valence-corrected chi connectivity index (χ2v) is 7.61. The van der Waals surface area contributed by atoms with Crippen LogP contribution in [0.4, 0.5) is 5.69 Å². The Morgan fingerprint density at radius 1 is 1.10 bits per heavy atom. The molecule has 0 fully saturated rings. The van der Waals surface area contributed by atoms with Crippen molar-refractivity contribution < 1.29 is 28.7 Å². The number of esters is 2. The Labute approximate surface area is 181 Å². The fraction of sp³-hybridized carbons (Fsp3) is 0.455. The highest BCUT2D eigenvalue weighted by molar-refractivity contribution is 6.00. The Morgan fingerprint density at radius 2 is 1.71 bits per heavy atom. The molecule has 1 heterocycles. The third kappa shape index (κ3) is 5.91. The summed E-state index contributed by atoms with van der Waals surface area (Å²) in [5.41, 5.74) is 1.69. The minimum Gasteiger partial charge on any atom is -0.462 e. The monoisotopic (exact) mass is 432 g/mol. The summed E-state index contributed by atoms with van der Waals surface area (Å²) in [6.45, 7) is 7.66. The van der Waals surface area contributed by atoms with Gasteiger partial charge < -0.3 is 19.5 Å². The van der Waals surface area contributed by atoms with E-state index in [1.54, 1.807) is 19.9 Å². The molecule has 1 aromatic carbocycles. The number of allylic oxidation sites excluding steroid dienone is 2. The third-order valence-electron chi connectivity index (χ3n) is 4.68. The second kappa shape index (κ2) is 10.7. The summed E-state index contributed by atoms with van der Waals surface area (Å²) >= 11 is 0. The maximum atomic E-state index is 13.0. The maximum absolute atomic E-state index is 13.0. The van der Waals surface area contributed by atoms with Crippen molar-refractivity contribution >= 4 is 17.6 Å². The van der Waals surface area contributed by atoms with E-state index in [9.17, 15) is 19.7 Å². The zero-order valence-corrected chi connectivity index (χ0v) is 18.4. The van der Waals surface area contributed by atoms with E-state index in [0.29, 0.717) is 17.0 Å². The molecule has 0 bridgehead atoms. The smallest absolute Gasteiger partial charge is 0.336 e. The number of ether oxygens (including phenoxy) is 3. The van der Waals surface area contributed by atoms with E-state index in [1.807, 2.05) is 13.8 Å². The fourth-order valence-corrected chi connectivity index (χ4v) is 3.30.